The van der Waals surface area contributed by atoms with Crippen molar-refractivity contribution < 1.29 is 18.3 Å². The molecule has 88 valence electrons. The van der Waals surface area contributed by atoms with Crippen molar-refractivity contribution in [1.29, 1.82) is 0 Å². The molecule has 4 nitrogen and oxygen atoms in total. The van der Waals surface area contributed by atoms with Crippen molar-refractivity contribution in [3.05, 3.63) is 28.6 Å². The Morgan fingerprint density at radius 3 is 2.69 bits per heavy atom. The van der Waals surface area contributed by atoms with Gasteiger partial charge >= 0.3 is 5.97 Å². The number of rotatable bonds is 3. The van der Waals surface area contributed by atoms with Crippen LogP contribution in [0.4, 0.5) is 8.78 Å². The number of hydrogen-bond donors (Lipinski definition) is 1. The van der Waals surface area contributed by atoms with Gasteiger partial charge in [-0.25, -0.2) is 13.6 Å². The standard InChI is InChI=1S/C10H12F2N2O2/c1-5-6(9(11)12)4-14-7(3-13)8(5)10(15)16-2/h4,9H,3,13H2,1-2H3. The van der Waals surface area contributed by atoms with Crippen molar-refractivity contribution >= 4 is 5.97 Å². The molecule has 0 bridgehead atoms. The molecule has 0 radical (unpaired) electrons. The average Bonchev–Trinajstić information content (AvgIpc) is 2.26. The maximum Gasteiger partial charge on any atom is 0.340 e. The van der Waals surface area contributed by atoms with Crippen molar-refractivity contribution in [2.45, 2.75) is 19.9 Å². The monoisotopic (exact) mass is 230 g/mol. The summed E-state index contributed by atoms with van der Waals surface area (Å²) in [5, 5.41) is 0. The molecule has 0 amide bonds. The summed E-state index contributed by atoms with van der Waals surface area (Å²) >= 11 is 0. The van der Waals surface area contributed by atoms with Crippen LogP contribution >= 0.6 is 0 Å². The Bertz CT molecular complexity index is 408. The molecule has 0 aliphatic heterocycles. The van der Waals surface area contributed by atoms with E-state index in [1.807, 2.05) is 0 Å². The van der Waals surface area contributed by atoms with E-state index < -0.39 is 12.4 Å². The largest absolute Gasteiger partial charge is 0.465 e. The Morgan fingerprint density at radius 1 is 1.62 bits per heavy atom. The van der Waals surface area contributed by atoms with Crippen LogP contribution in [0.15, 0.2) is 6.20 Å². The minimum Gasteiger partial charge on any atom is -0.465 e. The number of methoxy groups -OCH3 is 1. The third-order valence-electron chi connectivity index (χ3n) is 2.27. The predicted octanol–water partition coefficient (Wildman–Crippen LogP) is 1.57. The number of nitrogens with two attached hydrogens (primary N) is 1. The highest BCUT2D eigenvalue weighted by Gasteiger charge is 2.21. The lowest BCUT2D eigenvalue weighted by molar-refractivity contribution is 0.0597. The summed E-state index contributed by atoms with van der Waals surface area (Å²) in [4.78, 5) is 15.2. The topological polar surface area (TPSA) is 65.2 Å². The van der Waals surface area contributed by atoms with E-state index in [0.717, 1.165) is 6.20 Å². The van der Waals surface area contributed by atoms with Crippen molar-refractivity contribution in [3.8, 4) is 0 Å². The second-order valence-electron chi connectivity index (χ2n) is 3.16. The third-order valence-corrected chi connectivity index (χ3v) is 2.27. The van der Waals surface area contributed by atoms with E-state index >= 15 is 0 Å². The van der Waals surface area contributed by atoms with Crippen molar-refractivity contribution in [3.63, 3.8) is 0 Å². The Balaban J connectivity index is 3.40. The zero-order valence-electron chi connectivity index (χ0n) is 8.96. The molecular weight excluding hydrogens is 218 g/mol. The number of pyridine rings is 1. The van der Waals surface area contributed by atoms with E-state index in [1.165, 1.54) is 14.0 Å². The first-order valence-corrected chi connectivity index (χ1v) is 4.57. The average molecular weight is 230 g/mol. The summed E-state index contributed by atoms with van der Waals surface area (Å²) in [5.41, 5.74) is 5.55. The highest BCUT2D eigenvalue weighted by atomic mass is 19.3. The molecule has 2 N–H and O–H groups in total. The maximum absolute atomic E-state index is 12.6. The summed E-state index contributed by atoms with van der Waals surface area (Å²) < 4.78 is 29.7. The van der Waals surface area contributed by atoms with Gasteiger partial charge in [-0.2, -0.15) is 0 Å². The Kier molecular flexibility index (Phi) is 3.89. The van der Waals surface area contributed by atoms with E-state index in [-0.39, 0.29) is 28.9 Å². The van der Waals surface area contributed by atoms with E-state index in [2.05, 4.69) is 9.72 Å². The van der Waals surface area contributed by atoms with Crippen LogP contribution in [0.25, 0.3) is 0 Å². The van der Waals surface area contributed by atoms with Gasteiger partial charge in [0.1, 0.15) is 0 Å². The van der Waals surface area contributed by atoms with Crippen LogP contribution in [0.1, 0.15) is 33.6 Å². The summed E-state index contributed by atoms with van der Waals surface area (Å²) in [6.45, 7) is 1.42. The first-order valence-electron chi connectivity index (χ1n) is 4.57. The molecule has 0 saturated carbocycles. The first-order chi connectivity index (χ1) is 7.52. The SMILES string of the molecule is COC(=O)c1c(CN)ncc(C(F)F)c1C. The van der Waals surface area contributed by atoms with Crippen molar-refractivity contribution in [2.75, 3.05) is 7.11 Å². The van der Waals surface area contributed by atoms with E-state index in [0.29, 0.717) is 0 Å². The number of carbonyl (C=O) groups excluding carboxylic acids is 1. The molecule has 1 rings (SSSR count). The van der Waals surface area contributed by atoms with Gasteiger partial charge in [-0.3, -0.25) is 4.98 Å². The van der Waals surface area contributed by atoms with Gasteiger partial charge in [0.05, 0.1) is 18.4 Å². The van der Waals surface area contributed by atoms with Crippen LogP contribution in [0.3, 0.4) is 0 Å². The quantitative estimate of drug-likeness (QED) is 0.800. The Hall–Kier alpha value is -1.56. The zero-order valence-corrected chi connectivity index (χ0v) is 8.96. The van der Waals surface area contributed by atoms with Gasteiger partial charge in [0.15, 0.2) is 0 Å². The molecule has 0 saturated heterocycles. The Labute approximate surface area is 91.4 Å². The predicted molar refractivity (Wildman–Crippen MR) is 53.2 cm³/mol. The molecule has 0 atom stereocenters. The molecule has 1 aromatic rings. The number of aromatic nitrogens is 1. The second kappa shape index (κ2) is 4.98. The minimum atomic E-state index is -2.68. The van der Waals surface area contributed by atoms with Crippen LogP contribution in [0.2, 0.25) is 0 Å². The molecular formula is C10H12F2N2O2. The smallest absolute Gasteiger partial charge is 0.340 e. The van der Waals surface area contributed by atoms with Gasteiger partial charge < -0.3 is 10.5 Å². The highest BCUT2D eigenvalue weighted by molar-refractivity contribution is 5.92. The number of hydrogen-bond acceptors (Lipinski definition) is 4. The number of ether oxygens (including phenoxy) is 1. The third kappa shape index (κ3) is 2.16. The Morgan fingerprint density at radius 2 is 2.25 bits per heavy atom. The fourth-order valence-corrected chi connectivity index (χ4v) is 1.42. The van der Waals surface area contributed by atoms with Crippen LogP contribution in [0, 0.1) is 6.92 Å². The minimum absolute atomic E-state index is 0.00517. The molecule has 16 heavy (non-hydrogen) atoms. The zero-order chi connectivity index (χ0) is 12.3. The highest BCUT2D eigenvalue weighted by Crippen LogP contribution is 2.25. The maximum atomic E-state index is 12.6. The molecule has 0 spiro atoms. The number of carbonyl (C=O) groups is 1. The lowest BCUT2D eigenvalue weighted by atomic mass is 10.0. The summed E-state index contributed by atoms with van der Waals surface area (Å²) in [7, 11) is 1.18. The summed E-state index contributed by atoms with van der Waals surface area (Å²) in [6, 6.07) is 0. The van der Waals surface area contributed by atoms with Crippen LogP contribution < -0.4 is 5.73 Å². The van der Waals surface area contributed by atoms with E-state index in [9.17, 15) is 13.6 Å². The lowest BCUT2D eigenvalue weighted by Gasteiger charge is -2.12. The fourth-order valence-electron chi connectivity index (χ4n) is 1.42. The van der Waals surface area contributed by atoms with Crippen LogP contribution in [0.5, 0.6) is 0 Å². The molecule has 0 aromatic carbocycles. The van der Waals surface area contributed by atoms with Gasteiger partial charge in [-0.05, 0) is 12.5 Å². The molecule has 0 aliphatic rings. The lowest BCUT2D eigenvalue weighted by Crippen LogP contribution is -2.14. The molecule has 0 aliphatic carbocycles. The van der Waals surface area contributed by atoms with Gasteiger partial charge in [-0.1, -0.05) is 0 Å². The van der Waals surface area contributed by atoms with Gasteiger partial charge in [0, 0.05) is 18.3 Å². The van der Waals surface area contributed by atoms with E-state index in [4.69, 9.17) is 5.73 Å². The summed E-state index contributed by atoms with van der Waals surface area (Å²) in [5.74, 6) is -0.701. The number of nitrogens with zero attached hydrogens (tertiary/aromatic N) is 1. The first kappa shape index (κ1) is 12.5. The number of halogens is 2. The number of esters is 1. The fraction of sp³-hybridized carbons (Fsp3) is 0.400. The van der Waals surface area contributed by atoms with Gasteiger partial charge in [0.25, 0.3) is 6.43 Å². The van der Waals surface area contributed by atoms with Gasteiger partial charge in [-0.15, -0.1) is 0 Å². The molecule has 1 aromatic heterocycles. The van der Waals surface area contributed by atoms with Crippen molar-refractivity contribution in [2.24, 2.45) is 5.73 Å². The molecule has 6 heteroatoms. The number of alkyl halides is 2. The van der Waals surface area contributed by atoms with Crippen molar-refractivity contribution in [1.82, 2.24) is 4.98 Å². The van der Waals surface area contributed by atoms with Gasteiger partial charge in [0.2, 0.25) is 0 Å². The van der Waals surface area contributed by atoms with Crippen LogP contribution in [-0.2, 0) is 11.3 Å². The van der Waals surface area contributed by atoms with Crippen LogP contribution in [-0.4, -0.2) is 18.1 Å². The second-order valence-corrected chi connectivity index (χ2v) is 3.16. The summed E-state index contributed by atoms with van der Waals surface area (Å²) in [6.07, 6.45) is -1.64. The molecule has 0 fully saturated rings. The molecule has 1 heterocycles. The normalized spacial score (nSPS) is 10.6. The van der Waals surface area contributed by atoms with E-state index in [1.54, 1.807) is 0 Å². The molecule has 0 unspecified atom stereocenters.